The van der Waals surface area contributed by atoms with Crippen LogP contribution in [0.15, 0.2) is 24.3 Å². The number of primary amides is 1. The van der Waals surface area contributed by atoms with Gasteiger partial charge in [-0.1, -0.05) is 12.1 Å². The Morgan fingerprint density at radius 2 is 1.91 bits per heavy atom. The Balaban J connectivity index is 1.59. The topological polar surface area (TPSA) is 85.1 Å². The number of rotatable bonds is 3. The Bertz CT molecular complexity index is 592. The van der Waals surface area contributed by atoms with Crippen LogP contribution in [0.1, 0.15) is 6.42 Å². The number of hydrogen-bond acceptors (Lipinski definition) is 5. The van der Waals surface area contributed by atoms with Gasteiger partial charge in [-0.2, -0.15) is 0 Å². The van der Waals surface area contributed by atoms with Gasteiger partial charge in [0.15, 0.2) is 11.5 Å². The normalized spacial score (nSPS) is 21.6. The van der Waals surface area contributed by atoms with Gasteiger partial charge in [-0.3, -0.25) is 14.5 Å². The Kier molecular flexibility index (Phi) is 4.66. The maximum Gasteiger partial charge on any atom is 0.267 e. The molecule has 0 spiro atoms. The maximum absolute atomic E-state index is 12.7. The first-order chi connectivity index (χ1) is 11.1. The summed E-state index contributed by atoms with van der Waals surface area (Å²) in [6, 6.07) is 7.34. The van der Waals surface area contributed by atoms with E-state index in [2.05, 4.69) is 0 Å². The number of ether oxygens (including phenoxy) is 2. The Morgan fingerprint density at radius 1 is 1.13 bits per heavy atom. The fourth-order valence-corrected chi connectivity index (χ4v) is 2.91. The van der Waals surface area contributed by atoms with Crippen LogP contribution in [-0.4, -0.2) is 67.0 Å². The monoisotopic (exact) mass is 319 g/mol. The fraction of sp³-hybridized carbons (Fsp3) is 0.500. The molecule has 0 radical (unpaired) electrons. The van der Waals surface area contributed by atoms with Crippen LogP contribution in [0.25, 0.3) is 0 Å². The number of nitrogens with two attached hydrogens (primary N) is 1. The van der Waals surface area contributed by atoms with Crippen molar-refractivity contribution in [3.8, 4) is 11.5 Å². The van der Waals surface area contributed by atoms with Crippen molar-refractivity contribution in [2.45, 2.75) is 12.5 Å². The van der Waals surface area contributed by atoms with Gasteiger partial charge in [-0.05, 0) is 18.6 Å². The summed E-state index contributed by atoms with van der Waals surface area (Å²) in [6.07, 6.45) is 0.191. The third kappa shape index (κ3) is 3.73. The van der Waals surface area contributed by atoms with Crippen molar-refractivity contribution in [1.82, 2.24) is 9.80 Å². The van der Waals surface area contributed by atoms with Crippen LogP contribution in [0.2, 0.25) is 0 Å². The molecule has 2 aliphatic rings. The van der Waals surface area contributed by atoms with E-state index in [0.29, 0.717) is 31.1 Å². The number of amides is 2. The molecule has 1 atom stereocenters. The van der Waals surface area contributed by atoms with Crippen LogP contribution in [-0.2, 0) is 9.59 Å². The zero-order valence-corrected chi connectivity index (χ0v) is 12.9. The van der Waals surface area contributed by atoms with E-state index in [9.17, 15) is 9.59 Å². The van der Waals surface area contributed by atoms with Crippen LogP contribution in [0.4, 0.5) is 0 Å². The average molecular weight is 319 g/mol. The van der Waals surface area contributed by atoms with Gasteiger partial charge in [0.05, 0.1) is 6.54 Å². The number of hydrogen-bond donors (Lipinski definition) is 1. The summed E-state index contributed by atoms with van der Waals surface area (Å²) in [5, 5.41) is 0. The standard InChI is InChI=1S/C16H21N3O4/c17-15(20)10-18-6-3-7-19(9-8-18)16(21)14-11-22-12-4-1-2-5-13(12)23-14/h1-2,4-5,14H,3,6-11H2,(H2,17,20)/t14-/m0/s1. The van der Waals surface area contributed by atoms with Gasteiger partial charge in [-0.15, -0.1) is 0 Å². The average Bonchev–Trinajstić information content (AvgIpc) is 2.79. The molecule has 7 nitrogen and oxygen atoms in total. The Hall–Kier alpha value is -2.28. The molecule has 2 heterocycles. The molecule has 0 saturated carbocycles. The lowest BCUT2D eigenvalue weighted by molar-refractivity contribution is -0.141. The molecular weight excluding hydrogens is 298 g/mol. The van der Waals surface area contributed by atoms with E-state index in [1.165, 1.54) is 0 Å². The summed E-state index contributed by atoms with van der Waals surface area (Å²) < 4.78 is 11.4. The zero-order chi connectivity index (χ0) is 16.2. The third-order valence-electron chi connectivity index (χ3n) is 4.06. The lowest BCUT2D eigenvalue weighted by Gasteiger charge is -2.30. The molecule has 3 rings (SSSR count). The van der Waals surface area contributed by atoms with E-state index in [0.717, 1.165) is 13.0 Å². The van der Waals surface area contributed by atoms with E-state index >= 15 is 0 Å². The van der Waals surface area contributed by atoms with Crippen molar-refractivity contribution < 1.29 is 19.1 Å². The first-order valence-electron chi connectivity index (χ1n) is 7.81. The molecule has 2 N–H and O–H groups in total. The summed E-state index contributed by atoms with van der Waals surface area (Å²) in [6.45, 7) is 3.06. The minimum Gasteiger partial charge on any atom is -0.485 e. The van der Waals surface area contributed by atoms with E-state index in [1.54, 1.807) is 11.0 Å². The molecule has 0 unspecified atom stereocenters. The van der Waals surface area contributed by atoms with E-state index in [1.807, 2.05) is 23.1 Å². The van der Waals surface area contributed by atoms with Crippen molar-refractivity contribution in [3.05, 3.63) is 24.3 Å². The molecule has 7 heteroatoms. The molecular formula is C16H21N3O4. The second-order valence-corrected chi connectivity index (χ2v) is 5.79. The third-order valence-corrected chi connectivity index (χ3v) is 4.06. The fourth-order valence-electron chi connectivity index (χ4n) is 2.91. The van der Waals surface area contributed by atoms with E-state index in [-0.39, 0.29) is 25.0 Å². The second kappa shape index (κ2) is 6.87. The van der Waals surface area contributed by atoms with Crippen molar-refractivity contribution in [2.75, 3.05) is 39.3 Å². The SMILES string of the molecule is NC(=O)CN1CCCN(C(=O)[C@@H]2COc3ccccc3O2)CC1. The molecule has 1 aromatic rings. The lowest BCUT2D eigenvalue weighted by atomic mass is 10.2. The van der Waals surface area contributed by atoms with Crippen LogP contribution in [0, 0.1) is 0 Å². The summed E-state index contributed by atoms with van der Waals surface area (Å²) >= 11 is 0. The molecule has 124 valence electrons. The van der Waals surface area contributed by atoms with Gasteiger partial charge in [-0.25, -0.2) is 0 Å². The van der Waals surface area contributed by atoms with Crippen molar-refractivity contribution in [2.24, 2.45) is 5.73 Å². The highest BCUT2D eigenvalue weighted by molar-refractivity contribution is 5.82. The molecule has 0 aliphatic carbocycles. The molecule has 0 bridgehead atoms. The Labute approximate surface area is 134 Å². The van der Waals surface area contributed by atoms with Gasteiger partial charge in [0.2, 0.25) is 12.0 Å². The molecule has 1 aromatic carbocycles. The first-order valence-corrected chi connectivity index (χ1v) is 7.81. The van der Waals surface area contributed by atoms with Gasteiger partial charge < -0.3 is 20.1 Å². The largest absolute Gasteiger partial charge is 0.485 e. The van der Waals surface area contributed by atoms with E-state index < -0.39 is 6.10 Å². The van der Waals surface area contributed by atoms with Crippen LogP contribution < -0.4 is 15.2 Å². The zero-order valence-electron chi connectivity index (χ0n) is 12.9. The van der Waals surface area contributed by atoms with Crippen molar-refractivity contribution >= 4 is 11.8 Å². The highest BCUT2D eigenvalue weighted by atomic mass is 16.6. The van der Waals surface area contributed by atoms with Gasteiger partial charge in [0, 0.05) is 26.2 Å². The van der Waals surface area contributed by atoms with E-state index in [4.69, 9.17) is 15.2 Å². The summed E-state index contributed by atoms with van der Waals surface area (Å²) in [7, 11) is 0. The minimum atomic E-state index is -0.618. The second-order valence-electron chi connectivity index (χ2n) is 5.79. The highest BCUT2D eigenvalue weighted by Crippen LogP contribution is 2.31. The van der Waals surface area contributed by atoms with Crippen LogP contribution in [0.3, 0.4) is 0 Å². The quantitative estimate of drug-likeness (QED) is 0.837. The summed E-state index contributed by atoms with van der Waals surface area (Å²) in [4.78, 5) is 27.4. The molecule has 1 fully saturated rings. The molecule has 23 heavy (non-hydrogen) atoms. The molecule has 2 aliphatic heterocycles. The maximum atomic E-state index is 12.7. The molecule has 1 saturated heterocycles. The lowest BCUT2D eigenvalue weighted by Crippen LogP contribution is -2.47. The number of carbonyl (C=O) groups is 2. The smallest absolute Gasteiger partial charge is 0.267 e. The van der Waals surface area contributed by atoms with Gasteiger partial charge >= 0.3 is 0 Å². The summed E-state index contributed by atoms with van der Waals surface area (Å²) in [5.41, 5.74) is 5.23. The summed E-state index contributed by atoms with van der Waals surface area (Å²) in [5.74, 6) is 0.855. The number of benzene rings is 1. The minimum absolute atomic E-state index is 0.0690. The van der Waals surface area contributed by atoms with Crippen molar-refractivity contribution in [3.63, 3.8) is 0 Å². The number of fused-ring (bicyclic) bond motifs is 1. The predicted molar refractivity (Wildman–Crippen MR) is 83.2 cm³/mol. The van der Waals surface area contributed by atoms with Gasteiger partial charge in [0.1, 0.15) is 6.61 Å². The van der Waals surface area contributed by atoms with Crippen LogP contribution in [0.5, 0.6) is 11.5 Å². The first kappa shape index (κ1) is 15.6. The van der Waals surface area contributed by atoms with Crippen LogP contribution >= 0.6 is 0 Å². The predicted octanol–water partition coefficient (Wildman–Crippen LogP) is -0.154. The number of para-hydroxylation sites is 2. The van der Waals surface area contributed by atoms with Crippen molar-refractivity contribution in [1.29, 1.82) is 0 Å². The Morgan fingerprint density at radius 3 is 2.70 bits per heavy atom. The number of nitrogens with zero attached hydrogens (tertiary/aromatic N) is 2. The molecule has 2 amide bonds. The highest BCUT2D eigenvalue weighted by Gasteiger charge is 2.31. The molecule has 0 aromatic heterocycles. The van der Waals surface area contributed by atoms with Gasteiger partial charge in [0.25, 0.3) is 5.91 Å². The number of carbonyl (C=O) groups excluding carboxylic acids is 2.